The van der Waals surface area contributed by atoms with Gasteiger partial charge in [-0.15, -0.1) is 0 Å². The number of carboxylic acid groups (broad SMARTS) is 1. The van der Waals surface area contributed by atoms with Crippen LogP contribution in [0.5, 0.6) is 0 Å². The number of aliphatic imine (C=N–C) groups is 2. The SMILES string of the molecule is COC1CC=NC(c2ccc(C[C@H](NC(=O)OCc3ccccc3)C(=O)O)cc2)=N1. The van der Waals surface area contributed by atoms with Gasteiger partial charge in [-0.3, -0.25) is 0 Å². The van der Waals surface area contributed by atoms with Crippen LogP contribution in [0.4, 0.5) is 4.79 Å². The molecule has 1 unspecified atom stereocenters. The molecular formula is C22H23N3O5. The van der Waals surface area contributed by atoms with Crippen molar-refractivity contribution in [1.82, 2.24) is 5.32 Å². The van der Waals surface area contributed by atoms with Gasteiger partial charge in [-0.25, -0.2) is 19.6 Å². The highest BCUT2D eigenvalue weighted by molar-refractivity contribution is 6.04. The van der Waals surface area contributed by atoms with Crippen LogP contribution in [0.3, 0.4) is 0 Å². The predicted molar refractivity (Wildman–Crippen MR) is 112 cm³/mol. The summed E-state index contributed by atoms with van der Waals surface area (Å²) in [7, 11) is 1.60. The van der Waals surface area contributed by atoms with E-state index in [1.54, 1.807) is 25.5 Å². The maximum atomic E-state index is 12.0. The van der Waals surface area contributed by atoms with E-state index < -0.39 is 18.1 Å². The summed E-state index contributed by atoms with van der Waals surface area (Å²) >= 11 is 0. The molecular weight excluding hydrogens is 386 g/mol. The summed E-state index contributed by atoms with van der Waals surface area (Å²) in [4.78, 5) is 32.3. The molecule has 1 aliphatic rings. The van der Waals surface area contributed by atoms with Gasteiger partial charge in [0, 0.05) is 31.7 Å². The Kier molecular flexibility index (Phi) is 7.29. The lowest BCUT2D eigenvalue weighted by molar-refractivity contribution is -0.139. The van der Waals surface area contributed by atoms with Crippen LogP contribution >= 0.6 is 0 Å². The summed E-state index contributed by atoms with van der Waals surface area (Å²) in [6.07, 6.45) is 1.48. The minimum atomic E-state index is -1.14. The maximum absolute atomic E-state index is 12.0. The first kappa shape index (κ1) is 21.2. The van der Waals surface area contributed by atoms with Crippen LogP contribution in [-0.4, -0.2) is 48.6 Å². The number of nitrogens with one attached hydrogen (secondary N) is 1. The van der Waals surface area contributed by atoms with Gasteiger partial charge in [0.25, 0.3) is 0 Å². The van der Waals surface area contributed by atoms with Crippen LogP contribution in [-0.2, 0) is 27.3 Å². The quantitative estimate of drug-likeness (QED) is 0.697. The van der Waals surface area contributed by atoms with Crippen LogP contribution in [0.1, 0.15) is 23.1 Å². The van der Waals surface area contributed by atoms with Gasteiger partial charge in [0.15, 0.2) is 12.1 Å². The fraction of sp³-hybridized carbons (Fsp3) is 0.273. The molecule has 0 spiro atoms. The van der Waals surface area contributed by atoms with Crippen molar-refractivity contribution in [1.29, 1.82) is 0 Å². The molecule has 0 fully saturated rings. The molecule has 0 aliphatic carbocycles. The van der Waals surface area contributed by atoms with Gasteiger partial charge in [-0.05, 0) is 11.1 Å². The highest BCUT2D eigenvalue weighted by atomic mass is 16.5. The Hall–Kier alpha value is -3.52. The van der Waals surface area contributed by atoms with Crippen molar-refractivity contribution in [3.8, 4) is 0 Å². The Labute approximate surface area is 174 Å². The fourth-order valence-electron chi connectivity index (χ4n) is 2.88. The molecule has 0 bridgehead atoms. The number of benzene rings is 2. The predicted octanol–water partition coefficient (Wildman–Crippen LogP) is 2.80. The average molecular weight is 409 g/mol. The molecule has 156 valence electrons. The highest BCUT2D eigenvalue weighted by Crippen LogP contribution is 2.13. The normalized spacial score (nSPS) is 16.4. The van der Waals surface area contributed by atoms with E-state index in [0.29, 0.717) is 12.3 Å². The summed E-state index contributed by atoms with van der Waals surface area (Å²) in [6.45, 7) is 0.0683. The van der Waals surface area contributed by atoms with E-state index in [-0.39, 0.29) is 19.3 Å². The summed E-state index contributed by atoms with van der Waals surface area (Å²) < 4.78 is 10.3. The zero-order valence-electron chi connectivity index (χ0n) is 16.5. The van der Waals surface area contributed by atoms with Gasteiger partial charge < -0.3 is 19.9 Å². The van der Waals surface area contributed by atoms with E-state index >= 15 is 0 Å². The van der Waals surface area contributed by atoms with Gasteiger partial charge in [0.1, 0.15) is 12.6 Å². The van der Waals surface area contributed by atoms with E-state index in [0.717, 1.165) is 16.7 Å². The summed E-state index contributed by atoms with van der Waals surface area (Å²) in [5.74, 6) is -0.572. The Balaban J connectivity index is 1.58. The third kappa shape index (κ3) is 5.99. The van der Waals surface area contributed by atoms with Crippen molar-refractivity contribution < 1.29 is 24.2 Å². The number of aliphatic carboxylic acids is 1. The van der Waals surface area contributed by atoms with Crippen molar-refractivity contribution in [2.24, 2.45) is 9.98 Å². The molecule has 2 N–H and O–H groups in total. The number of methoxy groups -OCH3 is 1. The lowest BCUT2D eigenvalue weighted by Gasteiger charge is -2.16. The number of carbonyl (C=O) groups is 2. The van der Waals surface area contributed by atoms with Gasteiger partial charge in [-0.1, -0.05) is 54.6 Å². The second-order valence-corrected chi connectivity index (χ2v) is 6.69. The number of hydrogen-bond acceptors (Lipinski definition) is 6. The molecule has 2 atom stereocenters. The number of amidine groups is 1. The first-order chi connectivity index (χ1) is 14.5. The third-order valence-electron chi connectivity index (χ3n) is 4.51. The number of rotatable bonds is 8. The standard InChI is InChI=1S/C22H23N3O5/c1-29-19-11-12-23-20(25-19)17-9-7-15(8-10-17)13-18(21(26)27)24-22(28)30-14-16-5-3-2-4-6-16/h2-10,12,18-19H,11,13-14H2,1H3,(H,24,28)(H,26,27)/t18-,19?/m0/s1. The van der Waals surface area contributed by atoms with Crippen LogP contribution in [0.15, 0.2) is 64.6 Å². The monoisotopic (exact) mass is 409 g/mol. The maximum Gasteiger partial charge on any atom is 0.408 e. The van der Waals surface area contributed by atoms with Crippen LogP contribution in [0.25, 0.3) is 0 Å². The van der Waals surface area contributed by atoms with Gasteiger partial charge >= 0.3 is 12.1 Å². The van der Waals surface area contributed by atoms with Gasteiger partial charge in [0.2, 0.25) is 0 Å². The van der Waals surface area contributed by atoms with Crippen LogP contribution in [0.2, 0.25) is 0 Å². The van der Waals surface area contributed by atoms with Crippen LogP contribution in [0, 0.1) is 0 Å². The third-order valence-corrected chi connectivity index (χ3v) is 4.51. The molecule has 0 aromatic heterocycles. The van der Waals surface area contributed by atoms with E-state index in [1.165, 1.54) is 0 Å². The van der Waals surface area contributed by atoms with Crippen molar-refractivity contribution >= 4 is 24.1 Å². The molecule has 1 amide bonds. The first-order valence-electron chi connectivity index (χ1n) is 9.47. The second kappa shape index (κ2) is 10.3. The number of alkyl carbamates (subject to hydrolysis) is 1. The minimum absolute atomic E-state index is 0.0683. The molecule has 0 saturated heterocycles. The molecule has 30 heavy (non-hydrogen) atoms. The van der Waals surface area contributed by atoms with E-state index in [2.05, 4.69) is 15.3 Å². The Morgan fingerprint density at radius 3 is 2.53 bits per heavy atom. The minimum Gasteiger partial charge on any atom is -0.480 e. The van der Waals surface area contributed by atoms with Crippen LogP contribution < -0.4 is 5.32 Å². The number of carboxylic acids is 1. The van der Waals surface area contributed by atoms with E-state index in [4.69, 9.17) is 9.47 Å². The summed E-state index contributed by atoms with van der Waals surface area (Å²) in [5, 5.41) is 11.9. The summed E-state index contributed by atoms with van der Waals surface area (Å²) in [5.41, 5.74) is 2.37. The number of hydrogen-bond donors (Lipinski definition) is 2. The van der Waals surface area contributed by atoms with Crippen molar-refractivity contribution in [2.45, 2.75) is 31.7 Å². The zero-order chi connectivity index (χ0) is 21.3. The number of amides is 1. The van der Waals surface area contributed by atoms with E-state index in [1.807, 2.05) is 42.5 Å². The first-order valence-corrected chi connectivity index (χ1v) is 9.47. The molecule has 0 radical (unpaired) electrons. The Morgan fingerprint density at radius 2 is 1.87 bits per heavy atom. The molecule has 2 aromatic carbocycles. The largest absolute Gasteiger partial charge is 0.480 e. The zero-order valence-corrected chi connectivity index (χ0v) is 16.5. The van der Waals surface area contributed by atoms with Crippen molar-refractivity contribution in [3.63, 3.8) is 0 Å². The molecule has 8 nitrogen and oxygen atoms in total. The van der Waals surface area contributed by atoms with Gasteiger partial charge in [0.05, 0.1) is 0 Å². The number of ether oxygens (including phenoxy) is 2. The van der Waals surface area contributed by atoms with E-state index in [9.17, 15) is 14.7 Å². The molecule has 0 saturated carbocycles. The van der Waals surface area contributed by atoms with Crippen molar-refractivity contribution in [2.75, 3.05) is 7.11 Å². The smallest absolute Gasteiger partial charge is 0.408 e. The molecule has 1 aliphatic heterocycles. The lowest BCUT2D eigenvalue weighted by Crippen LogP contribution is -2.42. The Bertz CT molecular complexity index is 926. The topological polar surface area (TPSA) is 110 Å². The molecule has 3 rings (SSSR count). The van der Waals surface area contributed by atoms with Gasteiger partial charge in [-0.2, -0.15) is 0 Å². The second-order valence-electron chi connectivity index (χ2n) is 6.69. The van der Waals surface area contributed by atoms with Crippen molar-refractivity contribution in [3.05, 3.63) is 71.3 Å². The summed E-state index contributed by atoms with van der Waals surface area (Å²) in [6, 6.07) is 15.3. The molecule has 2 aromatic rings. The highest BCUT2D eigenvalue weighted by Gasteiger charge is 2.21. The number of carbonyl (C=O) groups excluding carboxylic acids is 1. The fourth-order valence-corrected chi connectivity index (χ4v) is 2.88. The average Bonchev–Trinajstić information content (AvgIpc) is 2.78. The lowest BCUT2D eigenvalue weighted by atomic mass is 10.0. The molecule has 8 heteroatoms. The molecule has 1 heterocycles. The Morgan fingerprint density at radius 1 is 1.13 bits per heavy atom. The number of nitrogens with zero attached hydrogens (tertiary/aromatic N) is 2.